The number of rotatable bonds is 10. The minimum absolute atomic E-state index is 0.0949. The Bertz CT molecular complexity index is 1140. The normalized spacial score (nSPS) is 11.2. The van der Waals surface area contributed by atoms with Crippen molar-refractivity contribution in [2.75, 3.05) is 13.2 Å². The van der Waals surface area contributed by atoms with Crippen LogP contribution in [0.1, 0.15) is 35.8 Å². The quantitative estimate of drug-likeness (QED) is 0.306. The maximum Gasteiger partial charge on any atom is 0.346 e. The van der Waals surface area contributed by atoms with Gasteiger partial charge in [0.1, 0.15) is 17.0 Å². The van der Waals surface area contributed by atoms with E-state index >= 15 is 0 Å². The molecule has 0 aliphatic carbocycles. The molecule has 164 valence electrons. The van der Waals surface area contributed by atoms with Crippen LogP contribution in [0.4, 0.5) is 13.2 Å². The summed E-state index contributed by atoms with van der Waals surface area (Å²) in [6, 6.07) is 7.93. The Balaban J connectivity index is 1.78. The molecule has 0 unspecified atom stereocenters. The third-order valence-electron chi connectivity index (χ3n) is 5.15. The van der Waals surface area contributed by atoms with Crippen LogP contribution < -0.4 is 5.63 Å². The van der Waals surface area contributed by atoms with Crippen LogP contribution in [0.2, 0.25) is 0 Å². The maximum absolute atomic E-state index is 14.9. The molecule has 0 aliphatic heterocycles. The van der Waals surface area contributed by atoms with Gasteiger partial charge in [-0.1, -0.05) is 37.3 Å². The molecule has 6 heteroatoms. The summed E-state index contributed by atoms with van der Waals surface area (Å²) >= 11 is 0. The van der Waals surface area contributed by atoms with Gasteiger partial charge in [-0.15, -0.1) is 6.58 Å². The van der Waals surface area contributed by atoms with Crippen molar-refractivity contribution in [3.05, 3.63) is 93.3 Å². The molecule has 0 aliphatic rings. The van der Waals surface area contributed by atoms with Crippen molar-refractivity contribution in [3.63, 3.8) is 0 Å². The zero-order valence-corrected chi connectivity index (χ0v) is 17.5. The van der Waals surface area contributed by atoms with Crippen molar-refractivity contribution in [1.29, 1.82) is 0 Å². The summed E-state index contributed by atoms with van der Waals surface area (Å²) in [7, 11) is 0. The zero-order chi connectivity index (χ0) is 22.4. The van der Waals surface area contributed by atoms with Crippen LogP contribution in [0, 0.1) is 17.5 Å². The molecule has 0 fully saturated rings. The van der Waals surface area contributed by atoms with Gasteiger partial charge in [0.15, 0.2) is 11.6 Å². The SMILES string of the molecule is C=CCOCCc1ccc(CCc2ccc3cc(CCC)oc(=O)c3c2F)c(F)c1F. The van der Waals surface area contributed by atoms with E-state index < -0.39 is 23.1 Å². The van der Waals surface area contributed by atoms with Gasteiger partial charge in [0, 0.05) is 6.42 Å². The van der Waals surface area contributed by atoms with Crippen molar-refractivity contribution < 1.29 is 22.3 Å². The predicted molar refractivity (Wildman–Crippen MR) is 115 cm³/mol. The summed E-state index contributed by atoms with van der Waals surface area (Å²) in [4.78, 5) is 12.3. The largest absolute Gasteiger partial charge is 0.427 e. The number of aryl methyl sites for hydroxylation is 3. The van der Waals surface area contributed by atoms with E-state index in [1.54, 1.807) is 24.3 Å². The highest BCUT2D eigenvalue weighted by molar-refractivity contribution is 5.82. The van der Waals surface area contributed by atoms with Gasteiger partial charge in [0.05, 0.1) is 13.2 Å². The fraction of sp³-hybridized carbons (Fsp3) is 0.320. The molecule has 2 aromatic carbocycles. The highest BCUT2D eigenvalue weighted by Crippen LogP contribution is 2.23. The van der Waals surface area contributed by atoms with Crippen LogP contribution in [-0.2, 0) is 30.4 Å². The van der Waals surface area contributed by atoms with Crippen LogP contribution in [0.25, 0.3) is 10.8 Å². The van der Waals surface area contributed by atoms with Crippen LogP contribution in [0.3, 0.4) is 0 Å². The summed E-state index contributed by atoms with van der Waals surface area (Å²) in [6.45, 7) is 6.08. The molecule has 0 amide bonds. The lowest BCUT2D eigenvalue weighted by Crippen LogP contribution is -2.08. The summed E-state index contributed by atoms with van der Waals surface area (Å²) in [5, 5.41) is 0.361. The number of ether oxygens (including phenoxy) is 1. The molecule has 0 N–H and O–H groups in total. The second-order valence-corrected chi connectivity index (χ2v) is 7.38. The summed E-state index contributed by atoms with van der Waals surface area (Å²) in [5.74, 6) is -2.01. The Morgan fingerprint density at radius 3 is 2.19 bits per heavy atom. The van der Waals surface area contributed by atoms with E-state index in [0.717, 1.165) is 6.42 Å². The van der Waals surface area contributed by atoms with Crippen LogP contribution >= 0.6 is 0 Å². The molecule has 3 rings (SSSR count). The molecular formula is C25H25F3O3. The van der Waals surface area contributed by atoms with Crippen LogP contribution in [0.15, 0.2) is 52.2 Å². The van der Waals surface area contributed by atoms with Gasteiger partial charge < -0.3 is 9.15 Å². The van der Waals surface area contributed by atoms with Gasteiger partial charge in [-0.25, -0.2) is 18.0 Å². The monoisotopic (exact) mass is 430 g/mol. The predicted octanol–water partition coefficient (Wildman–Crippen LogP) is 5.69. The maximum atomic E-state index is 14.9. The number of benzene rings is 2. The van der Waals surface area contributed by atoms with E-state index in [1.165, 1.54) is 12.1 Å². The average Bonchev–Trinajstić information content (AvgIpc) is 2.74. The first-order valence-electron chi connectivity index (χ1n) is 10.3. The molecular weight excluding hydrogens is 405 g/mol. The minimum atomic E-state index is -0.939. The van der Waals surface area contributed by atoms with Crippen molar-refractivity contribution in [3.8, 4) is 0 Å². The first kappa shape index (κ1) is 22.8. The van der Waals surface area contributed by atoms with Gasteiger partial charge in [0.25, 0.3) is 0 Å². The summed E-state index contributed by atoms with van der Waals surface area (Å²) < 4.78 is 54.2. The van der Waals surface area contributed by atoms with Gasteiger partial charge in [-0.05, 0) is 53.8 Å². The molecule has 31 heavy (non-hydrogen) atoms. The lowest BCUT2D eigenvalue weighted by Gasteiger charge is -2.10. The fourth-order valence-electron chi connectivity index (χ4n) is 3.53. The zero-order valence-electron chi connectivity index (χ0n) is 17.5. The van der Waals surface area contributed by atoms with Gasteiger partial charge >= 0.3 is 5.63 Å². The molecule has 1 heterocycles. The smallest absolute Gasteiger partial charge is 0.346 e. The van der Waals surface area contributed by atoms with Crippen molar-refractivity contribution in [2.45, 2.75) is 39.0 Å². The second-order valence-electron chi connectivity index (χ2n) is 7.38. The minimum Gasteiger partial charge on any atom is -0.427 e. The Morgan fingerprint density at radius 2 is 1.55 bits per heavy atom. The molecule has 0 saturated heterocycles. The second kappa shape index (κ2) is 10.4. The van der Waals surface area contributed by atoms with Crippen molar-refractivity contribution in [2.24, 2.45) is 0 Å². The molecule has 3 aromatic rings. The van der Waals surface area contributed by atoms with Gasteiger partial charge in [-0.3, -0.25) is 0 Å². The Labute approximate surface area is 179 Å². The van der Waals surface area contributed by atoms with E-state index in [9.17, 15) is 18.0 Å². The third-order valence-corrected chi connectivity index (χ3v) is 5.15. The fourth-order valence-corrected chi connectivity index (χ4v) is 3.53. The first-order valence-corrected chi connectivity index (χ1v) is 10.3. The molecule has 1 aromatic heterocycles. The highest BCUT2D eigenvalue weighted by atomic mass is 19.2. The average molecular weight is 430 g/mol. The lowest BCUT2D eigenvalue weighted by molar-refractivity contribution is 0.165. The number of fused-ring (bicyclic) bond motifs is 1. The molecule has 0 spiro atoms. The first-order chi connectivity index (χ1) is 15.0. The number of hydrogen-bond acceptors (Lipinski definition) is 3. The number of hydrogen-bond donors (Lipinski definition) is 0. The number of halogens is 3. The van der Waals surface area contributed by atoms with E-state index in [4.69, 9.17) is 9.15 Å². The third kappa shape index (κ3) is 5.25. The van der Waals surface area contributed by atoms with Crippen LogP contribution in [0.5, 0.6) is 0 Å². The van der Waals surface area contributed by atoms with E-state index in [1.807, 2.05) is 6.92 Å². The standard InChI is InChI=1S/C25H25F3O3/c1-3-5-20-15-19-11-10-16(22(26)21(19)25(29)31-20)6-7-17-8-9-18(24(28)23(17)27)12-14-30-13-4-2/h4,8-11,15H,2-3,5-7,12-14H2,1H3. The Kier molecular flexibility index (Phi) is 7.69. The van der Waals surface area contributed by atoms with E-state index in [0.29, 0.717) is 24.2 Å². The Morgan fingerprint density at radius 1 is 0.935 bits per heavy atom. The lowest BCUT2D eigenvalue weighted by atomic mass is 9.99. The van der Waals surface area contributed by atoms with Crippen LogP contribution in [-0.4, -0.2) is 13.2 Å². The Hall–Kier alpha value is -2.86. The molecule has 3 nitrogen and oxygen atoms in total. The van der Waals surface area contributed by atoms with E-state index in [2.05, 4.69) is 6.58 Å². The van der Waals surface area contributed by atoms with Gasteiger partial charge in [0.2, 0.25) is 0 Å². The van der Waals surface area contributed by atoms with Gasteiger partial charge in [-0.2, -0.15) is 0 Å². The summed E-state index contributed by atoms with van der Waals surface area (Å²) in [6.07, 6.45) is 3.44. The topological polar surface area (TPSA) is 39.4 Å². The molecule has 0 saturated carbocycles. The molecule has 0 bridgehead atoms. The highest BCUT2D eigenvalue weighted by Gasteiger charge is 2.16. The molecule has 0 atom stereocenters. The summed E-state index contributed by atoms with van der Waals surface area (Å²) in [5.41, 5.74) is -0.0916. The van der Waals surface area contributed by atoms with Crippen molar-refractivity contribution >= 4 is 10.8 Å². The van der Waals surface area contributed by atoms with Crippen molar-refractivity contribution in [1.82, 2.24) is 0 Å². The molecule has 0 radical (unpaired) electrons. The van der Waals surface area contributed by atoms with E-state index in [-0.39, 0.29) is 47.9 Å².